The fraction of sp³-hybridized carbons (Fsp3) is 0.500. The van der Waals surface area contributed by atoms with Gasteiger partial charge < -0.3 is 25.6 Å². The molecule has 0 spiro atoms. The summed E-state index contributed by atoms with van der Waals surface area (Å²) >= 11 is 1.61. The number of thioether (sulfide) groups is 1. The molecule has 0 aromatic heterocycles. The average molecular weight is 356 g/mol. The third kappa shape index (κ3) is 7.10. The first-order chi connectivity index (χ1) is 11.5. The molecule has 1 rings (SSSR count). The molecule has 0 unspecified atom stereocenters. The average Bonchev–Trinajstić information content (AvgIpc) is 2.56. The molecule has 0 aliphatic rings. The summed E-state index contributed by atoms with van der Waals surface area (Å²) < 4.78 is 9.95. The van der Waals surface area contributed by atoms with Crippen molar-refractivity contribution < 1.29 is 24.2 Å². The maximum absolute atomic E-state index is 11.8. The number of amides is 1. The van der Waals surface area contributed by atoms with Gasteiger partial charge in [-0.3, -0.25) is 9.59 Å². The van der Waals surface area contributed by atoms with E-state index in [-0.39, 0.29) is 31.2 Å². The predicted molar refractivity (Wildman–Crippen MR) is 93.3 cm³/mol. The number of nitrogens with one attached hydrogen (secondary N) is 1. The molecule has 134 valence electrons. The van der Waals surface area contributed by atoms with Gasteiger partial charge in [-0.15, -0.1) is 0 Å². The number of phenolic OH excluding ortho intramolecular Hbond substituents is 1. The summed E-state index contributed by atoms with van der Waals surface area (Å²) in [5.74, 6) is 0.433. The molecule has 1 aromatic rings. The summed E-state index contributed by atoms with van der Waals surface area (Å²) in [6.45, 7) is 0.285. The lowest BCUT2D eigenvalue weighted by molar-refractivity contribution is -0.145. The van der Waals surface area contributed by atoms with Gasteiger partial charge in [0.05, 0.1) is 20.1 Å². The largest absolute Gasteiger partial charge is 0.504 e. The van der Waals surface area contributed by atoms with Gasteiger partial charge in [-0.05, 0) is 36.1 Å². The van der Waals surface area contributed by atoms with Gasteiger partial charge in [0.15, 0.2) is 11.5 Å². The van der Waals surface area contributed by atoms with Crippen LogP contribution in [0.1, 0.15) is 12.0 Å². The highest BCUT2D eigenvalue weighted by molar-refractivity contribution is 7.98. The Bertz CT molecular complexity index is 553. The number of carbonyl (C=O) groups excluding carboxylic acids is 2. The molecule has 8 heteroatoms. The van der Waals surface area contributed by atoms with Crippen molar-refractivity contribution in [3.8, 4) is 11.5 Å². The van der Waals surface area contributed by atoms with Gasteiger partial charge in [0, 0.05) is 0 Å². The highest BCUT2D eigenvalue weighted by Crippen LogP contribution is 2.26. The molecule has 24 heavy (non-hydrogen) atoms. The van der Waals surface area contributed by atoms with Crippen LogP contribution in [-0.2, 0) is 20.7 Å². The van der Waals surface area contributed by atoms with E-state index in [0.717, 1.165) is 5.75 Å². The minimum Gasteiger partial charge on any atom is -0.504 e. The summed E-state index contributed by atoms with van der Waals surface area (Å²) in [7, 11) is 1.45. The summed E-state index contributed by atoms with van der Waals surface area (Å²) in [5, 5.41) is 12.3. The number of esters is 1. The third-order valence-corrected chi connectivity index (χ3v) is 3.86. The van der Waals surface area contributed by atoms with E-state index in [1.807, 2.05) is 6.26 Å². The molecule has 7 nitrogen and oxygen atoms in total. The van der Waals surface area contributed by atoms with Crippen LogP contribution in [-0.4, -0.2) is 55.3 Å². The van der Waals surface area contributed by atoms with Crippen LogP contribution in [0.4, 0.5) is 0 Å². The summed E-state index contributed by atoms with van der Waals surface area (Å²) in [5.41, 5.74) is 6.33. The van der Waals surface area contributed by atoms with E-state index in [2.05, 4.69) is 5.32 Å². The Morgan fingerprint density at radius 3 is 2.79 bits per heavy atom. The highest BCUT2D eigenvalue weighted by Gasteiger charge is 2.14. The number of aromatic hydroxyl groups is 1. The van der Waals surface area contributed by atoms with E-state index >= 15 is 0 Å². The number of hydrogen-bond donors (Lipinski definition) is 3. The number of nitrogens with two attached hydrogens (primary N) is 1. The molecule has 0 heterocycles. The lowest BCUT2D eigenvalue weighted by Gasteiger charge is -2.11. The van der Waals surface area contributed by atoms with Crippen LogP contribution in [0.2, 0.25) is 0 Å². The number of hydrogen-bond acceptors (Lipinski definition) is 7. The van der Waals surface area contributed by atoms with Crippen LogP contribution >= 0.6 is 11.8 Å². The first kappa shape index (κ1) is 20.1. The van der Waals surface area contributed by atoms with Gasteiger partial charge in [-0.2, -0.15) is 11.8 Å². The van der Waals surface area contributed by atoms with Crippen molar-refractivity contribution in [2.75, 3.05) is 32.3 Å². The van der Waals surface area contributed by atoms with E-state index < -0.39 is 12.0 Å². The minimum atomic E-state index is -0.629. The normalized spacial score (nSPS) is 11.6. The lowest BCUT2D eigenvalue weighted by atomic mass is 10.1. The molecule has 1 amide bonds. The molecule has 0 fully saturated rings. The second kappa shape index (κ2) is 10.8. The summed E-state index contributed by atoms with van der Waals surface area (Å²) in [6, 6.07) is 4.14. The number of rotatable bonds is 10. The Morgan fingerprint density at radius 1 is 1.42 bits per heavy atom. The van der Waals surface area contributed by atoms with E-state index in [4.69, 9.17) is 15.2 Å². The van der Waals surface area contributed by atoms with Gasteiger partial charge in [-0.1, -0.05) is 6.07 Å². The summed E-state index contributed by atoms with van der Waals surface area (Å²) in [4.78, 5) is 23.4. The van der Waals surface area contributed by atoms with Crippen LogP contribution in [0.5, 0.6) is 11.5 Å². The van der Waals surface area contributed by atoms with Gasteiger partial charge >= 0.3 is 5.97 Å². The van der Waals surface area contributed by atoms with Crippen molar-refractivity contribution in [1.29, 1.82) is 0 Å². The van der Waals surface area contributed by atoms with Crippen LogP contribution < -0.4 is 15.8 Å². The lowest BCUT2D eigenvalue weighted by Crippen LogP contribution is -2.35. The second-order valence-corrected chi connectivity index (χ2v) is 6.07. The fourth-order valence-electron chi connectivity index (χ4n) is 1.91. The first-order valence-electron chi connectivity index (χ1n) is 7.51. The van der Waals surface area contributed by atoms with Crippen LogP contribution in [0.15, 0.2) is 18.2 Å². The van der Waals surface area contributed by atoms with Gasteiger partial charge in [0.1, 0.15) is 12.6 Å². The van der Waals surface area contributed by atoms with Crippen molar-refractivity contribution >= 4 is 23.6 Å². The van der Waals surface area contributed by atoms with Crippen LogP contribution in [0.3, 0.4) is 0 Å². The number of methoxy groups -OCH3 is 1. The number of carbonyl (C=O) groups is 2. The van der Waals surface area contributed by atoms with Crippen molar-refractivity contribution in [3.63, 3.8) is 0 Å². The molecule has 0 aliphatic carbocycles. The quantitative estimate of drug-likeness (QED) is 0.418. The Kier molecular flexibility index (Phi) is 9.03. The molecule has 0 aliphatic heterocycles. The smallest absolute Gasteiger partial charge is 0.323 e. The van der Waals surface area contributed by atoms with Crippen molar-refractivity contribution in [3.05, 3.63) is 23.8 Å². The van der Waals surface area contributed by atoms with Gasteiger partial charge in [0.2, 0.25) is 5.91 Å². The van der Waals surface area contributed by atoms with E-state index in [9.17, 15) is 14.7 Å². The molecule has 0 radical (unpaired) electrons. The maximum Gasteiger partial charge on any atom is 0.323 e. The van der Waals surface area contributed by atoms with E-state index in [1.165, 1.54) is 13.2 Å². The Balaban J connectivity index is 2.27. The minimum absolute atomic E-state index is 0.0176. The van der Waals surface area contributed by atoms with Crippen molar-refractivity contribution in [1.82, 2.24) is 5.32 Å². The summed E-state index contributed by atoms with van der Waals surface area (Å²) in [6.07, 6.45) is 2.61. The Labute approximate surface area is 145 Å². The topological polar surface area (TPSA) is 111 Å². The molecule has 1 aromatic carbocycles. The highest BCUT2D eigenvalue weighted by atomic mass is 32.2. The predicted octanol–water partition coefficient (Wildman–Crippen LogP) is 0.683. The van der Waals surface area contributed by atoms with Gasteiger partial charge in [0.25, 0.3) is 0 Å². The molecule has 0 saturated heterocycles. The first-order valence-corrected chi connectivity index (χ1v) is 8.91. The zero-order valence-electron chi connectivity index (χ0n) is 13.9. The van der Waals surface area contributed by atoms with Crippen molar-refractivity contribution in [2.24, 2.45) is 5.73 Å². The van der Waals surface area contributed by atoms with Gasteiger partial charge in [-0.25, -0.2) is 0 Å². The fourth-order valence-corrected chi connectivity index (χ4v) is 2.39. The zero-order chi connectivity index (χ0) is 17.9. The molecular formula is C16H24N2O5S. The Morgan fingerprint density at radius 2 is 2.17 bits per heavy atom. The molecule has 4 N–H and O–H groups in total. The molecule has 0 saturated carbocycles. The van der Waals surface area contributed by atoms with Crippen LogP contribution in [0, 0.1) is 0 Å². The van der Waals surface area contributed by atoms with Crippen molar-refractivity contribution in [2.45, 2.75) is 18.9 Å². The molecular weight excluding hydrogens is 332 g/mol. The maximum atomic E-state index is 11.8. The number of phenols is 1. The van der Waals surface area contributed by atoms with Crippen LogP contribution in [0.25, 0.3) is 0 Å². The van der Waals surface area contributed by atoms with E-state index in [1.54, 1.807) is 23.9 Å². The number of benzene rings is 1. The molecule has 0 bridgehead atoms. The molecule has 1 atom stereocenters. The second-order valence-electron chi connectivity index (χ2n) is 5.09. The Hall–Kier alpha value is -1.93. The van der Waals surface area contributed by atoms with E-state index in [0.29, 0.717) is 17.7 Å². The SMILES string of the molecule is COc1ccc(CC(=O)NCCOC(=O)[C@@H](N)CCSC)cc1O. The standard InChI is InChI=1S/C16H24N2O5S/c1-22-14-4-3-11(9-13(14)19)10-15(20)18-6-7-23-16(21)12(17)5-8-24-2/h3-4,9,12,19H,5-8,10,17H2,1-2H3,(H,18,20)/t12-/m0/s1. The zero-order valence-corrected chi connectivity index (χ0v) is 14.7. The number of ether oxygens (including phenoxy) is 2. The monoisotopic (exact) mass is 356 g/mol. The third-order valence-electron chi connectivity index (χ3n) is 3.21.